The number of aliphatic hydroxyl groups is 1. The molecule has 4 unspecified atom stereocenters. The monoisotopic (exact) mass is 594 g/mol. The third kappa shape index (κ3) is 11.7. The fourth-order valence-electron chi connectivity index (χ4n) is 5.52. The highest BCUT2D eigenvalue weighted by Gasteiger charge is 2.36. The standard InChI is InChI=1S/C33H46N4O6/c1-33(2,3)37-30(40)25-17-11-10-16-24(25)19-28(38)26(18-22-12-6-4-7-13-22)35-31(41)27(20-29(34)39)36-32(42)43-21-23-14-8-5-9-15-23/h4-9,12-15,24-28,38H,10-11,16-21H2,1-3H3,(H2,34,39)(H,35,41)(H,36,42)(H,37,40)/t24?,25?,26?,27-,28?/m0/s1. The normalized spacial score (nSPS) is 18.9. The van der Waals surface area contributed by atoms with Gasteiger partial charge in [0.1, 0.15) is 12.6 Å². The van der Waals surface area contributed by atoms with Crippen molar-refractivity contribution in [2.75, 3.05) is 0 Å². The molecule has 1 aliphatic carbocycles. The first-order chi connectivity index (χ1) is 20.4. The lowest BCUT2D eigenvalue weighted by Gasteiger charge is -2.36. The van der Waals surface area contributed by atoms with Gasteiger partial charge >= 0.3 is 6.09 Å². The number of carbonyl (C=O) groups is 4. The van der Waals surface area contributed by atoms with Crippen LogP contribution in [0.5, 0.6) is 0 Å². The Labute approximate surface area is 254 Å². The van der Waals surface area contributed by atoms with Gasteiger partial charge < -0.3 is 31.5 Å². The Morgan fingerprint density at radius 3 is 2.14 bits per heavy atom. The van der Waals surface area contributed by atoms with Gasteiger partial charge in [0.25, 0.3) is 0 Å². The molecule has 10 heteroatoms. The van der Waals surface area contributed by atoms with Gasteiger partial charge in [-0.25, -0.2) is 4.79 Å². The van der Waals surface area contributed by atoms with Crippen LogP contribution in [0, 0.1) is 11.8 Å². The molecule has 6 N–H and O–H groups in total. The third-order valence-corrected chi connectivity index (χ3v) is 7.61. The Kier molecular flexibility index (Phi) is 12.5. The van der Waals surface area contributed by atoms with Crippen molar-refractivity contribution in [3.8, 4) is 0 Å². The Morgan fingerprint density at radius 2 is 1.53 bits per heavy atom. The van der Waals surface area contributed by atoms with E-state index in [0.29, 0.717) is 12.8 Å². The van der Waals surface area contributed by atoms with Crippen LogP contribution in [-0.2, 0) is 32.1 Å². The number of aliphatic hydroxyl groups excluding tert-OH is 1. The molecule has 43 heavy (non-hydrogen) atoms. The van der Waals surface area contributed by atoms with Gasteiger partial charge in [-0.2, -0.15) is 0 Å². The highest BCUT2D eigenvalue weighted by atomic mass is 16.5. The molecule has 0 saturated heterocycles. The lowest BCUT2D eigenvalue weighted by molar-refractivity contribution is -0.130. The van der Waals surface area contributed by atoms with Gasteiger partial charge in [0.05, 0.1) is 18.6 Å². The molecule has 0 spiro atoms. The fraction of sp³-hybridized carbons (Fsp3) is 0.515. The van der Waals surface area contributed by atoms with Crippen LogP contribution < -0.4 is 21.7 Å². The van der Waals surface area contributed by atoms with Crippen LogP contribution in [0.2, 0.25) is 0 Å². The smallest absolute Gasteiger partial charge is 0.408 e. The largest absolute Gasteiger partial charge is 0.445 e. The number of amides is 4. The molecule has 0 bridgehead atoms. The minimum absolute atomic E-state index is 0.0156. The Hall–Kier alpha value is -3.92. The van der Waals surface area contributed by atoms with Gasteiger partial charge in [0, 0.05) is 11.5 Å². The molecule has 0 heterocycles. The topological polar surface area (TPSA) is 160 Å². The maximum Gasteiger partial charge on any atom is 0.408 e. The van der Waals surface area contributed by atoms with E-state index in [1.54, 1.807) is 12.1 Å². The molecule has 0 aromatic heterocycles. The number of primary amides is 1. The molecule has 5 atom stereocenters. The SMILES string of the molecule is CC(C)(C)NC(=O)C1CCCCC1CC(O)C(Cc1ccccc1)NC(=O)[C@H](CC(N)=O)NC(=O)OCc1ccccc1. The van der Waals surface area contributed by atoms with Crippen molar-refractivity contribution in [2.24, 2.45) is 17.6 Å². The fourth-order valence-corrected chi connectivity index (χ4v) is 5.52. The van der Waals surface area contributed by atoms with Gasteiger partial charge in [-0.05, 0) is 63.5 Å². The third-order valence-electron chi connectivity index (χ3n) is 7.61. The van der Waals surface area contributed by atoms with Crippen molar-refractivity contribution in [1.29, 1.82) is 0 Å². The first kappa shape index (κ1) is 33.6. The second-order valence-corrected chi connectivity index (χ2v) is 12.4. The predicted molar refractivity (Wildman–Crippen MR) is 163 cm³/mol. The number of nitrogens with two attached hydrogens (primary N) is 1. The summed E-state index contributed by atoms with van der Waals surface area (Å²) < 4.78 is 5.24. The average Bonchev–Trinajstić information content (AvgIpc) is 2.95. The number of nitrogens with one attached hydrogen (secondary N) is 3. The lowest BCUT2D eigenvalue weighted by atomic mass is 9.74. The molecule has 234 valence electrons. The summed E-state index contributed by atoms with van der Waals surface area (Å²) >= 11 is 0. The van der Waals surface area contributed by atoms with Crippen LogP contribution in [0.3, 0.4) is 0 Å². The van der Waals surface area contributed by atoms with Crippen LogP contribution in [0.25, 0.3) is 0 Å². The molecule has 3 rings (SSSR count). The summed E-state index contributed by atoms with van der Waals surface area (Å²) in [7, 11) is 0. The van der Waals surface area contributed by atoms with Crippen molar-refractivity contribution in [2.45, 2.75) is 96.1 Å². The van der Waals surface area contributed by atoms with Crippen molar-refractivity contribution in [3.63, 3.8) is 0 Å². The predicted octanol–water partition coefficient (Wildman–Crippen LogP) is 3.36. The summed E-state index contributed by atoms with van der Waals surface area (Å²) in [4.78, 5) is 50.9. The zero-order chi connectivity index (χ0) is 31.4. The van der Waals surface area contributed by atoms with E-state index in [4.69, 9.17) is 10.5 Å². The van der Waals surface area contributed by atoms with E-state index in [2.05, 4.69) is 16.0 Å². The molecule has 0 aliphatic heterocycles. The number of benzene rings is 2. The van der Waals surface area contributed by atoms with E-state index in [0.717, 1.165) is 36.8 Å². The van der Waals surface area contributed by atoms with E-state index in [9.17, 15) is 24.3 Å². The molecule has 1 saturated carbocycles. The molecule has 0 radical (unpaired) electrons. The summed E-state index contributed by atoms with van der Waals surface area (Å²) in [6.07, 6.45) is 1.75. The van der Waals surface area contributed by atoms with Gasteiger partial charge in [-0.3, -0.25) is 14.4 Å². The zero-order valence-corrected chi connectivity index (χ0v) is 25.4. The van der Waals surface area contributed by atoms with E-state index in [-0.39, 0.29) is 29.9 Å². The number of carbonyl (C=O) groups excluding carboxylic acids is 4. The molecule has 1 aliphatic rings. The van der Waals surface area contributed by atoms with Gasteiger partial charge in [0.2, 0.25) is 17.7 Å². The van der Waals surface area contributed by atoms with Crippen LogP contribution in [0.15, 0.2) is 60.7 Å². The first-order valence-electron chi connectivity index (χ1n) is 15.0. The summed E-state index contributed by atoms with van der Waals surface area (Å²) in [5, 5.41) is 19.9. The number of ether oxygens (including phenoxy) is 1. The Morgan fingerprint density at radius 1 is 0.930 bits per heavy atom. The summed E-state index contributed by atoms with van der Waals surface area (Å²) in [6, 6.07) is 16.4. The quantitative estimate of drug-likeness (QED) is 0.239. The van der Waals surface area contributed by atoms with E-state index in [1.165, 1.54) is 0 Å². The molecule has 2 aromatic rings. The summed E-state index contributed by atoms with van der Waals surface area (Å²) in [5.41, 5.74) is 6.68. The van der Waals surface area contributed by atoms with Crippen LogP contribution in [0.1, 0.15) is 70.4 Å². The molecular weight excluding hydrogens is 548 g/mol. The summed E-state index contributed by atoms with van der Waals surface area (Å²) in [5.74, 6) is -1.76. The zero-order valence-electron chi connectivity index (χ0n) is 25.4. The van der Waals surface area contributed by atoms with E-state index < -0.39 is 42.5 Å². The van der Waals surface area contributed by atoms with E-state index >= 15 is 0 Å². The van der Waals surface area contributed by atoms with Crippen molar-refractivity contribution >= 4 is 23.8 Å². The summed E-state index contributed by atoms with van der Waals surface area (Å²) in [6.45, 7) is 5.81. The van der Waals surface area contributed by atoms with Crippen LogP contribution in [-0.4, -0.2) is 52.6 Å². The Bertz CT molecular complexity index is 1200. The van der Waals surface area contributed by atoms with Crippen LogP contribution >= 0.6 is 0 Å². The van der Waals surface area contributed by atoms with Gasteiger partial charge in [-0.1, -0.05) is 73.5 Å². The molecular formula is C33H46N4O6. The molecule has 1 fully saturated rings. The second kappa shape index (κ2) is 16.1. The Balaban J connectivity index is 1.73. The maximum atomic E-state index is 13.5. The van der Waals surface area contributed by atoms with E-state index in [1.807, 2.05) is 69.3 Å². The second-order valence-electron chi connectivity index (χ2n) is 12.4. The van der Waals surface area contributed by atoms with Crippen molar-refractivity contribution in [1.82, 2.24) is 16.0 Å². The number of hydrogen-bond acceptors (Lipinski definition) is 6. The first-order valence-corrected chi connectivity index (χ1v) is 15.0. The number of rotatable bonds is 13. The number of alkyl carbamates (subject to hydrolysis) is 1. The van der Waals surface area contributed by atoms with Crippen molar-refractivity contribution < 1.29 is 29.0 Å². The van der Waals surface area contributed by atoms with Gasteiger partial charge in [-0.15, -0.1) is 0 Å². The maximum absolute atomic E-state index is 13.5. The molecule has 2 aromatic carbocycles. The minimum Gasteiger partial charge on any atom is -0.445 e. The van der Waals surface area contributed by atoms with Crippen LogP contribution in [0.4, 0.5) is 4.79 Å². The van der Waals surface area contributed by atoms with Gasteiger partial charge in [0.15, 0.2) is 0 Å². The molecule has 10 nitrogen and oxygen atoms in total. The number of hydrogen-bond donors (Lipinski definition) is 5. The highest BCUT2D eigenvalue weighted by Crippen LogP contribution is 2.34. The lowest BCUT2D eigenvalue weighted by Crippen LogP contribution is -2.54. The van der Waals surface area contributed by atoms with Crippen molar-refractivity contribution in [3.05, 3.63) is 71.8 Å². The average molecular weight is 595 g/mol. The minimum atomic E-state index is -1.30. The molecule has 4 amide bonds. The highest BCUT2D eigenvalue weighted by molar-refractivity contribution is 5.90.